The summed E-state index contributed by atoms with van der Waals surface area (Å²) >= 11 is 12.2. The molecule has 0 saturated carbocycles. The Labute approximate surface area is 167 Å². The Bertz CT molecular complexity index is 927. The summed E-state index contributed by atoms with van der Waals surface area (Å²) in [6.07, 6.45) is 2.49. The monoisotopic (exact) mass is 404 g/mol. The molecule has 1 N–H and O–H groups in total. The van der Waals surface area contributed by atoms with Crippen LogP contribution in [0.1, 0.15) is 25.8 Å². The molecule has 2 aromatic carbocycles. The lowest BCUT2D eigenvalue weighted by Gasteiger charge is -2.14. The fourth-order valence-electron chi connectivity index (χ4n) is 2.55. The van der Waals surface area contributed by atoms with Crippen LogP contribution in [0.2, 0.25) is 10.0 Å². The van der Waals surface area contributed by atoms with Gasteiger partial charge in [-0.3, -0.25) is 4.79 Å². The van der Waals surface area contributed by atoms with Crippen LogP contribution < -0.4 is 15.0 Å². The molecular formula is C20H18Cl2N2O3. The van der Waals surface area contributed by atoms with Gasteiger partial charge >= 0.3 is 6.03 Å². The molecule has 2 aromatic rings. The number of benzene rings is 2. The van der Waals surface area contributed by atoms with Crippen LogP contribution in [0, 0.1) is 0 Å². The molecule has 3 amide bonds. The van der Waals surface area contributed by atoms with Crippen molar-refractivity contribution in [2.24, 2.45) is 0 Å². The Morgan fingerprint density at radius 2 is 1.96 bits per heavy atom. The van der Waals surface area contributed by atoms with Crippen molar-refractivity contribution >= 4 is 46.9 Å². The van der Waals surface area contributed by atoms with Gasteiger partial charge in [0.25, 0.3) is 5.91 Å². The molecule has 0 spiro atoms. The van der Waals surface area contributed by atoms with Crippen molar-refractivity contribution in [2.75, 3.05) is 4.90 Å². The van der Waals surface area contributed by atoms with Gasteiger partial charge in [-0.25, -0.2) is 9.69 Å². The van der Waals surface area contributed by atoms with Crippen LogP contribution in [0.25, 0.3) is 6.08 Å². The molecule has 1 saturated heterocycles. The van der Waals surface area contributed by atoms with Gasteiger partial charge in [0.2, 0.25) is 0 Å². The molecule has 1 fully saturated rings. The molecule has 1 heterocycles. The lowest BCUT2D eigenvalue weighted by molar-refractivity contribution is -0.113. The van der Waals surface area contributed by atoms with Gasteiger partial charge in [0.15, 0.2) is 0 Å². The number of carbonyl (C=O) groups excluding carboxylic acids is 2. The van der Waals surface area contributed by atoms with Crippen LogP contribution >= 0.6 is 23.2 Å². The smallest absolute Gasteiger partial charge is 0.333 e. The minimum Gasteiger partial charge on any atom is -0.489 e. The molecule has 0 unspecified atom stereocenters. The average Bonchev–Trinajstić information content (AvgIpc) is 2.90. The van der Waals surface area contributed by atoms with Gasteiger partial charge in [-0.2, -0.15) is 0 Å². The van der Waals surface area contributed by atoms with Crippen molar-refractivity contribution in [3.05, 3.63) is 63.8 Å². The SMILES string of the molecule is CC[C@H](C)Oc1ccc(/C=C2/NC(=O)N(c3cccc(Cl)c3)C2=O)cc1Cl. The topological polar surface area (TPSA) is 58.6 Å². The van der Waals surface area contributed by atoms with E-state index in [1.165, 1.54) is 0 Å². The highest BCUT2D eigenvalue weighted by molar-refractivity contribution is 6.33. The normalized spacial score (nSPS) is 16.6. The number of nitrogens with zero attached hydrogens (tertiary/aromatic N) is 1. The van der Waals surface area contributed by atoms with Crippen molar-refractivity contribution in [3.8, 4) is 5.75 Å². The Morgan fingerprint density at radius 1 is 1.19 bits per heavy atom. The van der Waals surface area contributed by atoms with E-state index >= 15 is 0 Å². The standard InChI is InChI=1S/C20H18Cl2N2O3/c1-3-12(2)27-18-8-7-13(9-16(18)22)10-17-19(25)24(20(26)23-17)15-6-4-5-14(21)11-15/h4-12H,3H2,1-2H3,(H,23,26)/b17-10+/t12-/m0/s1. The number of ether oxygens (including phenoxy) is 1. The van der Waals surface area contributed by atoms with Gasteiger partial charge in [0.05, 0.1) is 16.8 Å². The highest BCUT2D eigenvalue weighted by Crippen LogP contribution is 2.29. The molecule has 27 heavy (non-hydrogen) atoms. The number of halogens is 2. The number of hydrogen-bond acceptors (Lipinski definition) is 3. The number of urea groups is 1. The van der Waals surface area contributed by atoms with Crippen LogP contribution in [0.3, 0.4) is 0 Å². The molecular weight excluding hydrogens is 387 g/mol. The summed E-state index contributed by atoms with van der Waals surface area (Å²) in [6, 6.07) is 11.2. The summed E-state index contributed by atoms with van der Waals surface area (Å²) in [5.74, 6) is 0.119. The van der Waals surface area contributed by atoms with Crippen molar-refractivity contribution < 1.29 is 14.3 Å². The second kappa shape index (κ2) is 8.03. The van der Waals surface area contributed by atoms with Crippen molar-refractivity contribution in [1.29, 1.82) is 0 Å². The number of carbonyl (C=O) groups is 2. The summed E-state index contributed by atoms with van der Waals surface area (Å²) in [5, 5.41) is 3.45. The average molecular weight is 405 g/mol. The van der Waals surface area contributed by atoms with Gasteiger partial charge in [-0.1, -0.05) is 42.3 Å². The lowest BCUT2D eigenvalue weighted by Crippen LogP contribution is -2.30. The maximum atomic E-state index is 12.6. The predicted molar refractivity (Wildman–Crippen MR) is 107 cm³/mol. The number of imide groups is 1. The van der Waals surface area contributed by atoms with Crippen LogP contribution in [0.15, 0.2) is 48.2 Å². The maximum Gasteiger partial charge on any atom is 0.333 e. The van der Waals surface area contributed by atoms with E-state index < -0.39 is 11.9 Å². The molecule has 5 nitrogen and oxygen atoms in total. The minimum absolute atomic E-state index is 0.0497. The Morgan fingerprint density at radius 3 is 2.63 bits per heavy atom. The molecule has 1 atom stereocenters. The van der Waals surface area contributed by atoms with Crippen molar-refractivity contribution in [1.82, 2.24) is 5.32 Å². The summed E-state index contributed by atoms with van der Waals surface area (Å²) in [4.78, 5) is 25.9. The van der Waals surface area contributed by atoms with E-state index in [1.807, 2.05) is 13.8 Å². The van der Waals surface area contributed by atoms with Gasteiger partial charge < -0.3 is 10.1 Å². The second-order valence-electron chi connectivity index (χ2n) is 6.14. The van der Waals surface area contributed by atoms with E-state index in [0.717, 1.165) is 11.3 Å². The first-order valence-electron chi connectivity index (χ1n) is 8.48. The summed E-state index contributed by atoms with van der Waals surface area (Å²) in [6.45, 7) is 3.99. The third kappa shape index (κ3) is 4.26. The molecule has 3 rings (SSSR count). The van der Waals surface area contributed by atoms with Crippen LogP contribution in [0.4, 0.5) is 10.5 Å². The molecule has 1 aliphatic heterocycles. The molecule has 0 radical (unpaired) electrons. The first-order chi connectivity index (χ1) is 12.9. The fraction of sp³-hybridized carbons (Fsp3) is 0.200. The van der Waals surface area contributed by atoms with E-state index in [4.69, 9.17) is 27.9 Å². The molecule has 0 aromatic heterocycles. The molecule has 0 bridgehead atoms. The molecule has 7 heteroatoms. The predicted octanol–water partition coefficient (Wildman–Crippen LogP) is 5.27. The number of nitrogens with one attached hydrogen (secondary N) is 1. The number of amides is 3. The van der Waals surface area contributed by atoms with Crippen molar-refractivity contribution in [2.45, 2.75) is 26.4 Å². The third-order valence-corrected chi connectivity index (χ3v) is 4.65. The van der Waals surface area contributed by atoms with Crippen LogP contribution in [-0.2, 0) is 4.79 Å². The van der Waals surface area contributed by atoms with E-state index in [2.05, 4.69) is 5.32 Å². The fourth-order valence-corrected chi connectivity index (χ4v) is 2.97. The summed E-state index contributed by atoms with van der Waals surface area (Å²) in [7, 11) is 0. The zero-order chi connectivity index (χ0) is 19.6. The summed E-state index contributed by atoms with van der Waals surface area (Å²) in [5.41, 5.74) is 1.24. The van der Waals surface area contributed by atoms with Gasteiger partial charge in [-0.15, -0.1) is 0 Å². The number of hydrogen-bond donors (Lipinski definition) is 1. The van der Waals surface area contributed by atoms with Crippen LogP contribution in [-0.4, -0.2) is 18.0 Å². The zero-order valence-corrected chi connectivity index (χ0v) is 16.3. The largest absolute Gasteiger partial charge is 0.489 e. The number of anilines is 1. The third-order valence-electron chi connectivity index (χ3n) is 4.11. The highest BCUT2D eigenvalue weighted by atomic mass is 35.5. The van der Waals surface area contributed by atoms with Gasteiger partial charge in [-0.05, 0) is 55.3 Å². The van der Waals surface area contributed by atoms with Crippen LogP contribution in [0.5, 0.6) is 5.75 Å². The van der Waals surface area contributed by atoms with E-state index in [-0.39, 0.29) is 11.8 Å². The minimum atomic E-state index is -0.531. The first kappa shape index (κ1) is 19.3. The Hall–Kier alpha value is -2.50. The molecule has 1 aliphatic rings. The van der Waals surface area contributed by atoms with E-state index in [9.17, 15) is 9.59 Å². The second-order valence-corrected chi connectivity index (χ2v) is 6.98. The highest BCUT2D eigenvalue weighted by Gasteiger charge is 2.34. The number of rotatable bonds is 5. The van der Waals surface area contributed by atoms with Crippen molar-refractivity contribution in [3.63, 3.8) is 0 Å². The molecule has 140 valence electrons. The lowest BCUT2D eigenvalue weighted by atomic mass is 10.1. The Kier molecular flexibility index (Phi) is 5.73. The summed E-state index contributed by atoms with van der Waals surface area (Å²) < 4.78 is 5.73. The van der Waals surface area contributed by atoms with Gasteiger partial charge in [0.1, 0.15) is 11.4 Å². The maximum absolute atomic E-state index is 12.6. The van der Waals surface area contributed by atoms with E-state index in [0.29, 0.717) is 27.0 Å². The molecule has 0 aliphatic carbocycles. The van der Waals surface area contributed by atoms with Gasteiger partial charge in [0, 0.05) is 5.02 Å². The van der Waals surface area contributed by atoms with E-state index in [1.54, 1.807) is 48.5 Å². The zero-order valence-electron chi connectivity index (χ0n) is 14.8. The first-order valence-corrected chi connectivity index (χ1v) is 9.23. The Balaban J connectivity index is 1.84. The quantitative estimate of drug-likeness (QED) is 0.545.